The van der Waals surface area contributed by atoms with Gasteiger partial charge in [0.05, 0.1) is 39.5 Å². The molecule has 3 aromatic carbocycles. The normalized spacial score (nSPS) is 13.4. The van der Waals surface area contributed by atoms with Crippen LogP contribution in [0.15, 0.2) is 79.8 Å². The summed E-state index contributed by atoms with van der Waals surface area (Å²) < 4.78 is 47.3. The zero-order valence-electron chi connectivity index (χ0n) is 39.8. The van der Waals surface area contributed by atoms with E-state index in [0.29, 0.717) is 23.7 Å². The average Bonchev–Trinajstić information content (AvgIpc) is 3.53. The van der Waals surface area contributed by atoms with Crippen LogP contribution in [0.4, 0.5) is 0 Å². The maximum absolute atomic E-state index is 13.6. The van der Waals surface area contributed by atoms with Gasteiger partial charge < -0.3 is 30.0 Å². The summed E-state index contributed by atoms with van der Waals surface area (Å²) in [6.07, 6.45) is 3.87. The Kier molecular flexibility index (Phi) is 15.9. The molecule has 0 spiro atoms. The molecule has 0 aliphatic rings. The smallest absolute Gasteiger partial charge is 0.314 e. The number of ether oxygens (including phenoxy) is 2. The lowest BCUT2D eigenvalue weighted by Crippen LogP contribution is -2.60. The summed E-state index contributed by atoms with van der Waals surface area (Å²) >= 11 is 0. The molecule has 5 aromatic rings. The van der Waals surface area contributed by atoms with Crippen LogP contribution in [0.3, 0.4) is 0 Å². The first kappa shape index (κ1) is 50.8. The van der Waals surface area contributed by atoms with E-state index in [9.17, 15) is 19.2 Å². The van der Waals surface area contributed by atoms with Crippen LogP contribution in [0.25, 0.3) is 32.9 Å². The second-order valence-electron chi connectivity index (χ2n) is 19.5. The van der Waals surface area contributed by atoms with Crippen LogP contribution >= 0.6 is 0 Å². The molecule has 0 bridgehead atoms. The van der Waals surface area contributed by atoms with Gasteiger partial charge in [-0.1, -0.05) is 30.5 Å². The van der Waals surface area contributed by atoms with E-state index in [2.05, 4.69) is 78.6 Å². The highest BCUT2D eigenvalue weighted by Crippen LogP contribution is 2.30. The fourth-order valence-electron chi connectivity index (χ4n) is 8.76. The number of methoxy groups -OCH3 is 1. The third-order valence-corrected chi connectivity index (χ3v) is 33.9. The van der Waals surface area contributed by atoms with Gasteiger partial charge in [-0.2, -0.15) is 0 Å². The lowest BCUT2D eigenvalue weighted by molar-refractivity contribution is 0.194. The van der Waals surface area contributed by atoms with Crippen LogP contribution < -0.4 is 27.0 Å². The highest BCUT2D eigenvalue weighted by atomic mass is 28.5. The Bertz CT molecular complexity index is 2500. The number of benzene rings is 3. The second kappa shape index (κ2) is 19.7. The summed E-state index contributed by atoms with van der Waals surface area (Å²) in [6, 6.07) is 18.5. The van der Waals surface area contributed by atoms with Gasteiger partial charge in [0, 0.05) is 13.7 Å². The summed E-state index contributed by atoms with van der Waals surface area (Å²) in [5, 5.41) is 0.379. The monoisotopic (exact) mass is 968 g/mol. The summed E-state index contributed by atoms with van der Waals surface area (Å²) in [6.45, 7) is 29.0. The number of hydrogen-bond donors (Lipinski definition) is 0. The van der Waals surface area contributed by atoms with E-state index in [1.54, 1.807) is 43.5 Å². The first-order valence-corrected chi connectivity index (χ1v) is 39.4. The van der Waals surface area contributed by atoms with E-state index < -0.39 is 73.1 Å². The molecule has 0 unspecified atom stereocenters. The lowest BCUT2D eigenvalue weighted by atomic mass is 10.1. The topological polar surface area (TPSA) is 143 Å². The number of rotatable bonds is 23. The molecule has 344 valence electrons. The summed E-state index contributed by atoms with van der Waals surface area (Å²) in [5.41, 5.74) is -0.387. The van der Waals surface area contributed by atoms with Crippen LogP contribution in [0, 0.1) is 6.92 Å². The van der Waals surface area contributed by atoms with Crippen LogP contribution in [0.2, 0.25) is 90.7 Å². The van der Waals surface area contributed by atoms with Crippen molar-refractivity contribution < 1.29 is 30.0 Å². The van der Waals surface area contributed by atoms with E-state index in [4.69, 9.17) is 30.0 Å². The molecule has 0 fully saturated rings. The number of hydrogen-bond acceptors (Lipinski definition) is 11. The van der Waals surface area contributed by atoms with Crippen LogP contribution in [0.5, 0.6) is 5.75 Å². The standard InChI is InChI=1S/C44H68N2O11Si6/c1-33-19-21-34(22-20-33)45-41(47)37-31-39-40(32-38(37)42(45)48)44(50)46(43(39)49)35-23-25-36(26-24-35)52-28-16-18-30-59(5,6)54-61(9,10)56-63(13,14)57-62(11,12)55-60(7,8)53-58(3,4)29-17-15-27-51-2/h19-26,31-32H,15-18,27-30H2,1-14H3. The molecule has 0 radical (unpaired) electrons. The van der Waals surface area contributed by atoms with E-state index in [-0.39, 0.29) is 21.5 Å². The molecular weight excluding hydrogens is 901 g/mol. The van der Waals surface area contributed by atoms with Gasteiger partial charge in [-0.25, -0.2) is 9.13 Å². The molecule has 0 atom stereocenters. The molecule has 0 saturated carbocycles. The largest absolute Gasteiger partial charge is 0.494 e. The summed E-state index contributed by atoms with van der Waals surface area (Å²) in [5.74, 6) is 0.611. The van der Waals surface area contributed by atoms with Crippen molar-refractivity contribution in [1.82, 2.24) is 9.13 Å². The fraction of sp³-hybridized carbons (Fsp3) is 0.500. The molecule has 63 heavy (non-hydrogen) atoms. The highest BCUT2D eigenvalue weighted by Gasteiger charge is 2.47. The maximum atomic E-state index is 13.6. The molecule has 2 aromatic heterocycles. The van der Waals surface area contributed by atoms with Gasteiger partial charge in [0.25, 0.3) is 22.2 Å². The average molecular weight is 970 g/mol. The first-order valence-electron chi connectivity index (χ1n) is 21.9. The number of fused-ring (bicyclic) bond motifs is 2. The molecular formula is C44H68N2O11Si6. The summed E-state index contributed by atoms with van der Waals surface area (Å²) in [4.78, 5) is 53.8. The third-order valence-electron chi connectivity index (χ3n) is 10.6. The minimum atomic E-state index is -2.63. The molecule has 0 amide bonds. The van der Waals surface area contributed by atoms with Gasteiger partial charge in [-0.05, 0) is 159 Å². The molecule has 13 nitrogen and oxygen atoms in total. The van der Waals surface area contributed by atoms with E-state index in [1.165, 1.54) is 12.1 Å². The molecule has 5 rings (SSSR count). The zero-order valence-corrected chi connectivity index (χ0v) is 45.8. The van der Waals surface area contributed by atoms with Gasteiger partial charge in [0.1, 0.15) is 5.75 Å². The van der Waals surface area contributed by atoms with Gasteiger partial charge in [-0.3, -0.25) is 19.2 Å². The van der Waals surface area contributed by atoms with Gasteiger partial charge >= 0.3 is 34.2 Å². The predicted octanol–water partition coefficient (Wildman–Crippen LogP) is 9.09. The Morgan fingerprint density at radius 1 is 0.444 bits per heavy atom. The molecule has 0 aliphatic carbocycles. The number of nitrogens with zero attached hydrogens (tertiary/aromatic N) is 2. The molecule has 0 aliphatic heterocycles. The Hall–Kier alpha value is -3.20. The Balaban J connectivity index is 1.12. The van der Waals surface area contributed by atoms with E-state index in [0.717, 1.165) is 59.1 Å². The van der Waals surface area contributed by atoms with Crippen molar-refractivity contribution in [2.24, 2.45) is 0 Å². The van der Waals surface area contributed by atoms with E-state index >= 15 is 0 Å². The van der Waals surface area contributed by atoms with Crippen molar-refractivity contribution in [1.29, 1.82) is 0 Å². The minimum Gasteiger partial charge on any atom is -0.494 e. The summed E-state index contributed by atoms with van der Waals surface area (Å²) in [7, 11) is -12.5. The SMILES string of the molecule is COCCCC[Si](C)(C)O[Si](C)(C)O[Si](C)(C)O[Si](C)(C)O[Si](C)(C)O[Si](C)(C)CCCCOc1ccc(-n2c(=O)c3cc4c(=O)n(-c5ccc(C)cc5)c(=O)c4cc3c2=O)cc1. The molecule has 0 N–H and O–H groups in total. The highest BCUT2D eigenvalue weighted by molar-refractivity contribution is 6.91. The molecule has 0 saturated heterocycles. The van der Waals surface area contributed by atoms with Gasteiger partial charge in [-0.15, -0.1) is 0 Å². The van der Waals surface area contributed by atoms with Crippen molar-refractivity contribution in [2.75, 3.05) is 20.3 Å². The molecule has 2 heterocycles. The lowest BCUT2D eigenvalue weighted by Gasteiger charge is -2.43. The third kappa shape index (κ3) is 13.4. The van der Waals surface area contributed by atoms with Crippen molar-refractivity contribution in [2.45, 2.75) is 123 Å². The van der Waals surface area contributed by atoms with Crippen LogP contribution in [-0.4, -0.2) is 80.3 Å². The van der Waals surface area contributed by atoms with Crippen molar-refractivity contribution >= 4 is 72.4 Å². The quantitative estimate of drug-likeness (QED) is 0.0457. The zero-order chi connectivity index (χ0) is 46.8. The first-order chi connectivity index (χ1) is 29.1. The van der Waals surface area contributed by atoms with Gasteiger partial charge in [0.15, 0.2) is 16.6 Å². The fourth-order valence-corrected chi connectivity index (χ4v) is 38.8. The number of unbranched alkanes of at least 4 members (excludes halogenated alkanes) is 2. The Morgan fingerprint density at radius 2 is 0.778 bits per heavy atom. The Morgan fingerprint density at radius 3 is 1.14 bits per heavy atom. The Labute approximate surface area is 378 Å². The van der Waals surface area contributed by atoms with E-state index in [1.807, 2.05) is 19.1 Å². The minimum absolute atomic E-state index is 0.0893. The van der Waals surface area contributed by atoms with Crippen LogP contribution in [0.1, 0.15) is 31.2 Å². The molecule has 19 heteroatoms. The van der Waals surface area contributed by atoms with Crippen molar-refractivity contribution in [3.05, 3.63) is 108 Å². The number of aromatic nitrogens is 2. The maximum Gasteiger partial charge on any atom is 0.314 e. The van der Waals surface area contributed by atoms with Gasteiger partial charge in [0.2, 0.25) is 0 Å². The van der Waals surface area contributed by atoms with Crippen molar-refractivity contribution in [3.63, 3.8) is 0 Å². The van der Waals surface area contributed by atoms with Crippen molar-refractivity contribution in [3.8, 4) is 17.1 Å². The predicted molar refractivity (Wildman–Crippen MR) is 268 cm³/mol. The number of aryl methyl sites for hydroxylation is 1. The van der Waals surface area contributed by atoms with Crippen LogP contribution in [-0.2, 0) is 25.3 Å². The second-order valence-corrected chi connectivity index (χ2v) is 42.9.